The molecule has 0 spiro atoms. The highest BCUT2D eigenvalue weighted by molar-refractivity contribution is 9.10. The fourth-order valence-corrected chi connectivity index (χ4v) is 3.50. The molecule has 0 heterocycles. The van der Waals surface area contributed by atoms with Crippen molar-refractivity contribution in [1.29, 1.82) is 0 Å². The first-order valence-electron chi connectivity index (χ1n) is 7.51. The number of methoxy groups -OCH3 is 1. The minimum absolute atomic E-state index is 0.0244. The van der Waals surface area contributed by atoms with E-state index < -0.39 is 11.9 Å². The third-order valence-corrected chi connectivity index (χ3v) is 4.97. The number of hydrogen-bond acceptors (Lipinski definition) is 3. The van der Waals surface area contributed by atoms with Gasteiger partial charge in [-0.05, 0) is 51.0 Å². The number of carbonyl (C=O) groups is 2. The average Bonchev–Trinajstić information content (AvgIpc) is 2.63. The lowest BCUT2D eigenvalue weighted by Gasteiger charge is -2.14. The Morgan fingerprint density at radius 2 is 1.88 bits per heavy atom. The highest BCUT2D eigenvalue weighted by Crippen LogP contribution is 2.37. The number of nitrogens with one attached hydrogen (secondary N) is 1. The topological polar surface area (TPSA) is 75.6 Å². The number of carboxylic acid groups (broad SMARTS) is 1. The third kappa shape index (κ3) is 3.38. The van der Waals surface area contributed by atoms with E-state index in [-0.39, 0.29) is 16.3 Å². The fourth-order valence-electron chi connectivity index (χ4n) is 2.60. The Morgan fingerprint density at radius 3 is 2.58 bits per heavy atom. The van der Waals surface area contributed by atoms with Gasteiger partial charge in [-0.25, -0.2) is 4.79 Å². The molecule has 132 valence electrons. The van der Waals surface area contributed by atoms with Crippen molar-refractivity contribution in [2.24, 2.45) is 0 Å². The molecule has 5 nitrogen and oxygen atoms in total. The highest BCUT2D eigenvalue weighted by Gasteiger charge is 2.19. The van der Waals surface area contributed by atoms with Crippen LogP contribution in [0.3, 0.4) is 0 Å². The molecule has 0 radical (unpaired) electrons. The third-order valence-electron chi connectivity index (χ3n) is 3.85. The zero-order valence-corrected chi connectivity index (χ0v) is 15.9. The van der Waals surface area contributed by atoms with Crippen LogP contribution in [0.2, 0.25) is 5.02 Å². The van der Waals surface area contributed by atoms with Gasteiger partial charge in [-0.2, -0.15) is 0 Å². The second-order valence-electron chi connectivity index (χ2n) is 5.45. The molecular formula is C19H13BrClNO4. The van der Waals surface area contributed by atoms with Gasteiger partial charge in [0.1, 0.15) is 5.75 Å². The Labute approximate surface area is 162 Å². The lowest BCUT2D eigenvalue weighted by atomic mass is 10.0. The summed E-state index contributed by atoms with van der Waals surface area (Å²) in [5.41, 5.74) is 0.536. The summed E-state index contributed by atoms with van der Waals surface area (Å²) >= 11 is 9.57. The van der Waals surface area contributed by atoms with E-state index in [9.17, 15) is 9.59 Å². The molecule has 0 saturated heterocycles. The number of anilines is 1. The van der Waals surface area contributed by atoms with Gasteiger partial charge in [0.05, 0.1) is 33.4 Å². The standard InChI is InChI=1S/C19H13BrClNO4/c1-26-17-13(8-10-4-2-3-5-12(10)16(17)20)18(23)22-15-9-11(19(24)25)6-7-14(15)21/h2-9H,1H3,(H,22,23)(H,24,25). The van der Waals surface area contributed by atoms with Crippen molar-refractivity contribution in [2.75, 3.05) is 12.4 Å². The molecular weight excluding hydrogens is 422 g/mol. The first-order chi connectivity index (χ1) is 12.4. The molecule has 1 amide bonds. The molecule has 0 bridgehead atoms. The van der Waals surface area contributed by atoms with Crippen LogP contribution in [0.25, 0.3) is 10.8 Å². The summed E-state index contributed by atoms with van der Waals surface area (Å²) in [6.07, 6.45) is 0. The predicted molar refractivity (Wildman–Crippen MR) is 105 cm³/mol. The van der Waals surface area contributed by atoms with Crippen LogP contribution in [-0.2, 0) is 0 Å². The first-order valence-corrected chi connectivity index (χ1v) is 8.69. The van der Waals surface area contributed by atoms with Crippen molar-refractivity contribution >= 4 is 55.9 Å². The Bertz CT molecular complexity index is 1040. The van der Waals surface area contributed by atoms with Crippen molar-refractivity contribution in [3.8, 4) is 5.75 Å². The number of hydrogen-bond donors (Lipinski definition) is 2. The van der Waals surface area contributed by atoms with Crippen molar-refractivity contribution in [3.05, 3.63) is 69.2 Å². The number of aromatic carboxylic acids is 1. The zero-order valence-electron chi connectivity index (χ0n) is 13.5. The van der Waals surface area contributed by atoms with Crippen LogP contribution in [0, 0.1) is 0 Å². The molecule has 0 fully saturated rings. The van der Waals surface area contributed by atoms with Gasteiger partial charge in [0, 0.05) is 0 Å². The van der Waals surface area contributed by atoms with Crippen LogP contribution < -0.4 is 10.1 Å². The van der Waals surface area contributed by atoms with Crippen molar-refractivity contribution in [1.82, 2.24) is 0 Å². The van der Waals surface area contributed by atoms with E-state index in [4.69, 9.17) is 21.4 Å². The summed E-state index contributed by atoms with van der Waals surface area (Å²) in [4.78, 5) is 23.9. The van der Waals surface area contributed by atoms with Crippen LogP contribution in [0.5, 0.6) is 5.75 Å². The molecule has 3 aromatic carbocycles. The number of carboxylic acids is 1. The summed E-state index contributed by atoms with van der Waals surface area (Å²) < 4.78 is 6.06. The van der Waals surface area contributed by atoms with E-state index in [2.05, 4.69) is 21.2 Å². The van der Waals surface area contributed by atoms with Gasteiger partial charge >= 0.3 is 5.97 Å². The minimum Gasteiger partial charge on any atom is -0.495 e. The quantitative estimate of drug-likeness (QED) is 0.591. The van der Waals surface area contributed by atoms with Gasteiger partial charge in [-0.1, -0.05) is 35.9 Å². The zero-order chi connectivity index (χ0) is 18.8. The van der Waals surface area contributed by atoms with E-state index in [0.29, 0.717) is 15.8 Å². The monoisotopic (exact) mass is 433 g/mol. The van der Waals surface area contributed by atoms with Gasteiger partial charge in [-0.15, -0.1) is 0 Å². The molecule has 0 aliphatic heterocycles. The fraction of sp³-hybridized carbons (Fsp3) is 0.0526. The molecule has 0 atom stereocenters. The molecule has 3 aromatic rings. The maximum Gasteiger partial charge on any atom is 0.335 e. The summed E-state index contributed by atoms with van der Waals surface area (Å²) in [5, 5.41) is 13.8. The molecule has 0 unspecified atom stereocenters. The van der Waals surface area contributed by atoms with Crippen LogP contribution >= 0.6 is 27.5 Å². The Balaban J connectivity index is 2.06. The van der Waals surface area contributed by atoms with Crippen LogP contribution in [0.15, 0.2) is 53.0 Å². The lowest BCUT2D eigenvalue weighted by molar-refractivity contribution is 0.0696. The van der Waals surface area contributed by atoms with E-state index in [1.165, 1.54) is 25.3 Å². The first kappa shape index (κ1) is 18.2. The lowest BCUT2D eigenvalue weighted by Crippen LogP contribution is -2.14. The van der Waals surface area contributed by atoms with Crippen LogP contribution in [-0.4, -0.2) is 24.1 Å². The summed E-state index contributed by atoms with van der Waals surface area (Å²) in [6.45, 7) is 0. The highest BCUT2D eigenvalue weighted by atomic mass is 79.9. The Hall–Kier alpha value is -2.57. The normalized spacial score (nSPS) is 10.6. The number of benzene rings is 3. The van der Waals surface area contributed by atoms with Gasteiger partial charge < -0.3 is 15.2 Å². The molecule has 3 rings (SSSR count). The SMILES string of the molecule is COc1c(C(=O)Nc2cc(C(=O)O)ccc2Cl)cc2ccccc2c1Br. The van der Waals surface area contributed by atoms with Gasteiger partial charge in [-0.3, -0.25) is 4.79 Å². The number of amides is 1. The summed E-state index contributed by atoms with van der Waals surface area (Å²) in [5.74, 6) is -1.19. The number of rotatable bonds is 4. The van der Waals surface area contributed by atoms with E-state index in [1.807, 2.05) is 24.3 Å². The largest absolute Gasteiger partial charge is 0.495 e. The smallest absolute Gasteiger partial charge is 0.335 e. The molecule has 7 heteroatoms. The van der Waals surface area contributed by atoms with Crippen molar-refractivity contribution in [3.63, 3.8) is 0 Å². The number of ether oxygens (including phenoxy) is 1. The molecule has 2 N–H and O–H groups in total. The second-order valence-corrected chi connectivity index (χ2v) is 6.65. The second kappa shape index (κ2) is 7.35. The molecule has 0 saturated carbocycles. The molecule has 26 heavy (non-hydrogen) atoms. The Kier molecular flexibility index (Phi) is 5.15. The predicted octanol–water partition coefficient (Wildman–Crippen LogP) is 5.21. The molecule has 0 aliphatic carbocycles. The van der Waals surface area contributed by atoms with E-state index >= 15 is 0 Å². The minimum atomic E-state index is -1.11. The number of halogens is 2. The Morgan fingerprint density at radius 1 is 1.15 bits per heavy atom. The summed E-state index contributed by atoms with van der Waals surface area (Å²) in [6, 6.07) is 13.4. The van der Waals surface area contributed by atoms with Gasteiger partial charge in [0.15, 0.2) is 0 Å². The van der Waals surface area contributed by atoms with Crippen molar-refractivity contribution in [2.45, 2.75) is 0 Å². The number of fused-ring (bicyclic) bond motifs is 1. The maximum atomic E-state index is 12.8. The summed E-state index contributed by atoms with van der Waals surface area (Å²) in [7, 11) is 1.48. The van der Waals surface area contributed by atoms with Crippen LogP contribution in [0.4, 0.5) is 5.69 Å². The molecule has 0 aromatic heterocycles. The van der Waals surface area contributed by atoms with Crippen molar-refractivity contribution < 1.29 is 19.4 Å². The van der Waals surface area contributed by atoms with Gasteiger partial charge in [0.2, 0.25) is 0 Å². The van der Waals surface area contributed by atoms with Gasteiger partial charge in [0.25, 0.3) is 5.91 Å². The molecule has 0 aliphatic rings. The van der Waals surface area contributed by atoms with Crippen LogP contribution in [0.1, 0.15) is 20.7 Å². The van der Waals surface area contributed by atoms with E-state index in [1.54, 1.807) is 6.07 Å². The van der Waals surface area contributed by atoms with E-state index in [0.717, 1.165) is 10.8 Å². The number of carbonyl (C=O) groups excluding carboxylic acids is 1. The maximum absolute atomic E-state index is 12.8. The average molecular weight is 435 g/mol.